The lowest BCUT2D eigenvalue weighted by molar-refractivity contribution is -0.120. The highest BCUT2D eigenvalue weighted by Crippen LogP contribution is 2.34. The fraction of sp³-hybridized carbons (Fsp3) is 0.500. The smallest absolute Gasteiger partial charge is 0.314 e. The fourth-order valence-corrected chi connectivity index (χ4v) is 4.25. The maximum absolute atomic E-state index is 12.6. The Balaban J connectivity index is 1.81. The molecule has 0 spiro atoms. The first-order chi connectivity index (χ1) is 12.7. The first-order valence-corrected chi connectivity index (χ1v) is 10.0. The molecule has 0 radical (unpaired) electrons. The van der Waals surface area contributed by atoms with E-state index in [4.69, 9.17) is 0 Å². The average molecular weight is 387 g/mol. The van der Waals surface area contributed by atoms with Crippen LogP contribution in [0.15, 0.2) is 18.3 Å². The van der Waals surface area contributed by atoms with Crippen molar-refractivity contribution >= 4 is 28.3 Å². The minimum atomic E-state index is -0.319. The zero-order chi connectivity index (χ0) is 19.8. The van der Waals surface area contributed by atoms with E-state index in [9.17, 15) is 9.59 Å². The minimum absolute atomic E-state index is 0.0325. The van der Waals surface area contributed by atoms with Crippen molar-refractivity contribution in [1.29, 1.82) is 0 Å². The summed E-state index contributed by atoms with van der Waals surface area (Å²) < 4.78 is 0. The van der Waals surface area contributed by atoms with Crippen molar-refractivity contribution < 1.29 is 9.59 Å². The summed E-state index contributed by atoms with van der Waals surface area (Å²) in [6, 6.07) is 3.48. The van der Waals surface area contributed by atoms with Crippen molar-refractivity contribution in [3.05, 3.63) is 29.7 Å². The van der Waals surface area contributed by atoms with Gasteiger partial charge in [0.2, 0.25) is 0 Å². The second-order valence-corrected chi connectivity index (χ2v) is 9.00. The van der Waals surface area contributed by atoms with Crippen LogP contribution in [0.2, 0.25) is 0 Å². The van der Waals surface area contributed by atoms with Gasteiger partial charge in [0.25, 0.3) is 0 Å². The number of ketones is 1. The van der Waals surface area contributed by atoms with Gasteiger partial charge in [-0.25, -0.2) is 9.78 Å². The molecule has 2 amide bonds. The SMILES string of the molecule is CC(=O)[C@@H]1CCCN1C(=O)Nc1nc(C)c(-c2ccnc(C(C)(C)C)c2)s1. The molecule has 27 heavy (non-hydrogen) atoms. The molecule has 7 heteroatoms. The van der Waals surface area contributed by atoms with Gasteiger partial charge in [0, 0.05) is 23.9 Å². The van der Waals surface area contributed by atoms with Gasteiger partial charge >= 0.3 is 6.03 Å². The first kappa shape index (κ1) is 19.5. The van der Waals surface area contributed by atoms with Gasteiger partial charge < -0.3 is 4.90 Å². The van der Waals surface area contributed by atoms with Crippen molar-refractivity contribution in [2.45, 2.75) is 58.9 Å². The van der Waals surface area contributed by atoms with Gasteiger partial charge in [0.1, 0.15) is 0 Å². The standard InChI is InChI=1S/C20H26N4O2S/c1-12-17(14-8-9-21-16(11-14)20(3,4)5)27-18(22-12)23-19(26)24-10-6-7-15(24)13(2)25/h8-9,11,15H,6-7,10H2,1-5H3,(H,22,23,26)/t15-/m0/s1. The van der Waals surface area contributed by atoms with Crippen LogP contribution in [0.3, 0.4) is 0 Å². The molecule has 144 valence electrons. The predicted molar refractivity (Wildman–Crippen MR) is 108 cm³/mol. The van der Waals surface area contributed by atoms with Gasteiger partial charge in [-0.3, -0.25) is 15.1 Å². The molecule has 2 aromatic rings. The zero-order valence-corrected chi connectivity index (χ0v) is 17.3. The molecule has 1 saturated heterocycles. The van der Waals surface area contributed by atoms with Crippen LogP contribution in [0.25, 0.3) is 10.4 Å². The number of carbonyl (C=O) groups excluding carboxylic acids is 2. The third-order valence-electron chi connectivity index (χ3n) is 4.78. The number of Topliss-reactive ketones (excluding diaryl/α,β-unsaturated/α-hetero) is 1. The van der Waals surface area contributed by atoms with Gasteiger partial charge in [-0.05, 0) is 44.4 Å². The largest absolute Gasteiger partial charge is 0.324 e. The molecule has 3 rings (SSSR count). The molecule has 3 heterocycles. The summed E-state index contributed by atoms with van der Waals surface area (Å²) in [5.41, 5.74) is 2.89. The lowest BCUT2D eigenvalue weighted by Gasteiger charge is -2.22. The van der Waals surface area contributed by atoms with Gasteiger partial charge in [-0.15, -0.1) is 0 Å². The number of amides is 2. The van der Waals surface area contributed by atoms with Crippen molar-refractivity contribution in [2.24, 2.45) is 0 Å². The molecule has 0 saturated carbocycles. The Morgan fingerprint density at radius 3 is 2.74 bits per heavy atom. The van der Waals surface area contributed by atoms with E-state index in [0.717, 1.165) is 34.7 Å². The van der Waals surface area contributed by atoms with E-state index in [-0.39, 0.29) is 23.3 Å². The number of nitrogens with one attached hydrogen (secondary N) is 1. The maximum Gasteiger partial charge on any atom is 0.324 e. The van der Waals surface area contributed by atoms with E-state index in [0.29, 0.717) is 11.7 Å². The molecular formula is C20H26N4O2S. The van der Waals surface area contributed by atoms with Gasteiger partial charge in [-0.1, -0.05) is 32.1 Å². The van der Waals surface area contributed by atoms with Crippen LogP contribution in [0.4, 0.5) is 9.93 Å². The number of aromatic nitrogens is 2. The van der Waals surface area contributed by atoms with Crippen molar-refractivity contribution in [1.82, 2.24) is 14.9 Å². The Morgan fingerprint density at radius 2 is 2.07 bits per heavy atom. The number of aryl methyl sites for hydroxylation is 1. The molecule has 1 fully saturated rings. The third kappa shape index (κ3) is 4.18. The van der Waals surface area contributed by atoms with Crippen molar-refractivity contribution in [3.8, 4) is 10.4 Å². The summed E-state index contributed by atoms with van der Waals surface area (Å²) >= 11 is 1.45. The zero-order valence-electron chi connectivity index (χ0n) is 16.5. The van der Waals surface area contributed by atoms with Gasteiger partial charge in [0.05, 0.1) is 16.6 Å². The molecule has 0 aliphatic carbocycles. The maximum atomic E-state index is 12.6. The Bertz CT molecular complexity index is 869. The molecule has 1 aliphatic heterocycles. The van der Waals surface area contributed by atoms with Crippen LogP contribution in [0.1, 0.15) is 51.9 Å². The first-order valence-electron chi connectivity index (χ1n) is 9.19. The van der Waals surface area contributed by atoms with Crippen LogP contribution < -0.4 is 5.32 Å². The normalized spacial score (nSPS) is 17.2. The van der Waals surface area contributed by atoms with E-state index < -0.39 is 0 Å². The van der Waals surface area contributed by atoms with Gasteiger partial charge in [-0.2, -0.15) is 0 Å². The number of likely N-dealkylation sites (tertiary alicyclic amines) is 1. The molecule has 0 bridgehead atoms. The summed E-state index contributed by atoms with van der Waals surface area (Å²) in [4.78, 5) is 35.9. The number of urea groups is 1. The topological polar surface area (TPSA) is 75.2 Å². The highest BCUT2D eigenvalue weighted by Gasteiger charge is 2.32. The lowest BCUT2D eigenvalue weighted by atomic mass is 9.90. The monoisotopic (exact) mass is 386 g/mol. The summed E-state index contributed by atoms with van der Waals surface area (Å²) in [5.74, 6) is 0.0325. The van der Waals surface area contributed by atoms with Crippen molar-refractivity contribution in [2.75, 3.05) is 11.9 Å². The van der Waals surface area contributed by atoms with E-state index >= 15 is 0 Å². The highest BCUT2D eigenvalue weighted by atomic mass is 32.1. The highest BCUT2D eigenvalue weighted by molar-refractivity contribution is 7.19. The van der Waals surface area contributed by atoms with Crippen LogP contribution >= 0.6 is 11.3 Å². The van der Waals surface area contributed by atoms with Crippen molar-refractivity contribution in [3.63, 3.8) is 0 Å². The number of nitrogens with zero attached hydrogens (tertiary/aromatic N) is 3. The summed E-state index contributed by atoms with van der Waals surface area (Å²) in [7, 11) is 0. The van der Waals surface area contributed by atoms with E-state index in [2.05, 4.69) is 42.1 Å². The third-order valence-corrected chi connectivity index (χ3v) is 5.91. The number of hydrogen-bond donors (Lipinski definition) is 1. The Labute approximate surface area is 164 Å². The summed E-state index contributed by atoms with van der Waals surface area (Å²) in [5, 5.41) is 3.42. The van der Waals surface area contributed by atoms with E-state index in [1.165, 1.54) is 18.3 Å². The fourth-order valence-electron chi connectivity index (χ4n) is 3.30. The van der Waals surface area contributed by atoms with Gasteiger partial charge in [0.15, 0.2) is 10.9 Å². The Kier molecular flexibility index (Phi) is 5.33. The number of rotatable bonds is 3. The molecule has 1 aliphatic rings. The lowest BCUT2D eigenvalue weighted by Crippen LogP contribution is -2.42. The van der Waals surface area contributed by atoms with Crippen LogP contribution in [-0.2, 0) is 10.2 Å². The molecular weight excluding hydrogens is 360 g/mol. The van der Waals surface area contributed by atoms with Crippen LogP contribution in [0.5, 0.6) is 0 Å². The number of thiazole rings is 1. The Hall–Kier alpha value is -2.28. The quantitative estimate of drug-likeness (QED) is 0.848. The second-order valence-electron chi connectivity index (χ2n) is 8.01. The molecule has 1 N–H and O–H groups in total. The number of hydrogen-bond acceptors (Lipinski definition) is 5. The number of carbonyl (C=O) groups is 2. The second kappa shape index (κ2) is 7.38. The van der Waals surface area contributed by atoms with Crippen LogP contribution in [-0.4, -0.2) is 39.3 Å². The van der Waals surface area contributed by atoms with Crippen LogP contribution in [0, 0.1) is 6.92 Å². The number of pyridine rings is 1. The molecule has 0 aromatic carbocycles. The number of anilines is 1. The molecule has 6 nitrogen and oxygen atoms in total. The summed E-state index contributed by atoms with van der Waals surface area (Å²) in [6.07, 6.45) is 3.40. The minimum Gasteiger partial charge on any atom is -0.314 e. The van der Waals surface area contributed by atoms with E-state index in [1.807, 2.05) is 19.2 Å². The van der Waals surface area contributed by atoms with E-state index in [1.54, 1.807) is 4.90 Å². The molecule has 2 aromatic heterocycles. The predicted octanol–water partition coefficient (Wildman–Crippen LogP) is 4.40. The summed E-state index contributed by atoms with van der Waals surface area (Å²) in [6.45, 7) is 10.5. The molecule has 0 unspecified atom stereocenters. The average Bonchev–Trinajstić information content (AvgIpc) is 3.21. The molecule has 1 atom stereocenters. The Morgan fingerprint density at radius 1 is 1.33 bits per heavy atom.